The van der Waals surface area contributed by atoms with Crippen molar-refractivity contribution in [3.8, 4) is 5.75 Å². The molecule has 6 nitrogen and oxygen atoms in total. The molecule has 0 bridgehead atoms. The van der Waals surface area contributed by atoms with Crippen molar-refractivity contribution in [2.24, 2.45) is 0 Å². The third-order valence-corrected chi connectivity index (χ3v) is 5.61. The van der Waals surface area contributed by atoms with Crippen molar-refractivity contribution in [1.29, 1.82) is 0 Å². The summed E-state index contributed by atoms with van der Waals surface area (Å²) in [5.41, 5.74) is 1.16. The van der Waals surface area contributed by atoms with E-state index in [4.69, 9.17) is 9.15 Å². The highest BCUT2D eigenvalue weighted by atomic mass is 32.2. The second-order valence-electron chi connectivity index (χ2n) is 6.41. The van der Waals surface area contributed by atoms with Crippen LogP contribution in [0.4, 0.5) is 4.79 Å². The van der Waals surface area contributed by atoms with Crippen LogP contribution in [0.1, 0.15) is 17.4 Å². The number of rotatable bonds is 8. The Morgan fingerprint density at radius 3 is 2.67 bits per heavy atom. The van der Waals surface area contributed by atoms with Crippen LogP contribution in [0.5, 0.6) is 5.75 Å². The maximum atomic E-state index is 12.2. The number of ether oxygens (including phenoxy) is 1. The van der Waals surface area contributed by atoms with Gasteiger partial charge in [-0.2, -0.15) is 11.8 Å². The Labute approximate surface area is 164 Å². The average molecular weight is 390 g/mol. The Kier molecular flexibility index (Phi) is 7.47. The van der Waals surface area contributed by atoms with Crippen LogP contribution in [0.25, 0.3) is 0 Å². The van der Waals surface area contributed by atoms with Crippen molar-refractivity contribution in [2.75, 3.05) is 44.8 Å². The lowest BCUT2D eigenvalue weighted by Crippen LogP contribution is -2.44. The van der Waals surface area contributed by atoms with Gasteiger partial charge in [-0.3, -0.25) is 4.90 Å². The van der Waals surface area contributed by atoms with Gasteiger partial charge in [0, 0.05) is 37.7 Å². The maximum Gasteiger partial charge on any atom is 0.314 e. The highest BCUT2D eigenvalue weighted by Gasteiger charge is 2.25. The van der Waals surface area contributed by atoms with Crippen LogP contribution in [-0.2, 0) is 6.42 Å². The average Bonchev–Trinajstić information content (AvgIpc) is 3.24. The van der Waals surface area contributed by atoms with Crippen molar-refractivity contribution in [3.05, 3.63) is 54.0 Å². The Morgan fingerprint density at radius 1 is 1.22 bits per heavy atom. The molecule has 0 saturated carbocycles. The summed E-state index contributed by atoms with van der Waals surface area (Å²) in [5, 5.41) is 5.92. The van der Waals surface area contributed by atoms with Gasteiger partial charge in [0.15, 0.2) is 0 Å². The van der Waals surface area contributed by atoms with Crippen molar-refractivity contribution < 1.29 is 13.9 Å². The zero-order valence-electron chi connectivity index (χ0n) is 15.6. The van der Waals surface area contributed by atoms with Crippen LogP contribution in [0.3, 0.4) is 0 Å². The number of benzene rings is 1. The highest BCUT2D eigenvalue weighted by molar-refractivity contribution is 7.99. The number of hydrogen-bond donors (Lipinski definition) is 2. The monoisotopic (exact) mass is 389 g/mol. The van der Waals surface area contributed by atoms with E-state index in [2.05, 4.69) is 15.5 Å². The summed E-state index contributed by atoms with van der Waals surface area (Å²) in [7, 11) is 1.65. The van der Waals surface area contributed by atoms with Gasteiger partial charge in [0.05, 0.1) is 19.4 Å². The van der Waals surface area contributed by atoms with Crippen LogP contribution >= 0.6 is 11.8 Å². The number of furan rings is 1. The molecule has 2 amide bonds. The minimum Gasteiger partial charge on any atom is -0.497 e. The number of hydrogen-bond acceptors (Lipinski definition) is 5. The number of amides is 2. The number of nitrogens with one attached hydrogen (secondary N) is 2. The summed E-state index contributed by atoms with van der Waals surface area (Å²) in [5.74, 6) is 3.97. The van der Waals surface area contributed by atoms with Gasteiger partial charge in [0.2, 0.25) is 0 Å². The first kappa shape index (κ1) is 19.6. The summed E-state index contributed by atoms with van der Waals surface area (Å²) in [4.78, 5) is 14.6. The Hall–Kier alpha value is -2.12. The summed E-state index contributed by atoms with van der Waals surface area (Å²) in [6.07, 6.45) is 2.47. The largest absolute Gasteiger partial charge is 0.497 e. The molecule has 1 aromatic heterocycles. The molecule has 3 rings (SSSR count). The molecule has 1 aromatic carbocycles. The third kappa shape index (κ3) is 5.94. The second-order valence-corrected chi connectivity index (χ2v) is 7.64. The first-order valence-corrected chi connectivity index (χ1v) is 10.4. The predicted molar refractivity (Wildman–Crippen MR) is 108 cm³/mol. The van der Waals surface area contributed by atoms with Crippen LogP contribution < -0.4 is 15.4 Å². The van der Waals surface area contributed by atoms with Gasteiger partial charge in [0.25, 0.3) is 0 Å². The van der Waals surface area contributed by atoms with E-state index in [1.54, 1.807) is 13.4 Å². The van der Waals surface area contributed by atoms with Crippen molar-refractivity contribution in [1.82, 2.24) is 15.5 Å². The zero-order valence-corrected chi connectivity index (χ0v) is 16.5. The summed E-state index contributed by atoms with van der Waals surface area (Å²) in [6.45, 7) is 3.14. The molecule has 1 fully saturated rings. The van der Waals surface area contributed by atoms with E-state index >= 15 is 0 Å². The topological polar surface area (TPSA) is 66.7 Å². The molecule has 1 saturated heterocycles. The highest BCUT2D eigenvalue weighted by Crippen LogP contribution is 2.24. The smallest absolute Gasteiger partial charge is 0.314 e. The minimum atomic E-state index is -0.147. The van der Waals surface area contributed by atoms with Gasteiger partial charge in [-0.15, -0.1) is 0 Å². The van der Waals surface area contributed by atoms with Crippen molar-refractivity contribution >= 4 is 17.8 Å². The van der Waals surface area contributed by atoms with E-state index in [9.17, 15) is 4.79 Å². The summed E-state index contributed by atoms with van der Waals surface area (Å²) >= 11 is 1.97. The Morgan fingerprint density at radius 2 is 2.00 bits per heavy atom. The van der Waals surface area contributed by atoms with Crippen molar-refractivity contribution in [2.45, 2.75) is 12.5 Å². The molecular weight excluding hydrogens is 362 g/mol. The van der Waals surface area contributed by atoms with Crippen LogP contribution in [0.2, 0.25) is 0 Å². The summed E-state index contributed by atoms with van der Waals surface area (Å²) in [6, 6.07) is 11.7. The van der Waals surface area contributed by atoms with Gasteiger partial charge in [0.1, 0.15) is 11.5 Å². The number of carbonyl (C=O) groups is 1. The van der Waals surface area contributed by atoms with E-state index in [0.717, 1.165) is 48.1 Å². The number of urea groups is 1. The van der Waals surface area contributed by atoms with Crippen LogP contribution in [0.15, 0.2) is 47.1 Å². The van der Waals surface area contributed by atoms with Crippen LogP contribution in [0, 0.1) is 0 Å². The molecule has 2 aromatic rings. The minimum absolute atomic E-state index is 0.0771. The number of thioether (sulfide) groups is 1. The molecule has 0 aliphatic carbocycles. The van der Waals surface area contributed by atoms with Crippen molar-refractivity contribution in [3.63, 3.8) is 0 Å². The van der Waals surface area contributed by atoms with Gasteiger partial charge in [-0.25, -0.2) is 4.79 Å². The molecule has 1 aliphatic rings. The Bertz CT molecular complexity index is 685. The molecule has 2 N–H and O–H groups in total. The van der Waals surface area contributed by atoms with E-state index in [1.807, 2.05) is 48.2 Å². The molecule has 146 valence electrons. The van der Waals surface area contributed by atoms with Gasteiger partial charge < -0.3 is 19.8 Å². The van der Waals surface area contributed by atoms with Gasteiger partial charge >= 0.3 is 6.03 Å². The fourth-order valence-corrected chi connectivity index (χ4v) is 4.08. The first-order chi connectivity index (χ1) is 13.3. The quantitative estimate of drug-likeness (QED) is 0.727. The van der Waals surface area contributed by atoms with Gasteiger partial charge in [-0.1, -0.05) is 12.1 Å². The lowest BCUT2D eigenvalue weighted by Gasteiger charge is -2.33. The SMILES string of the molecule is COc1ccc(CCNC(=O)NC[C@H](c2ccco2)N2CCSCC2)cc1. The fourth-order valence-electron chi connectivity index (χ4n) is 3.14. The predicted octanol–water partition coefficient (Wildman–Crippen LogP) is 2.92. The molecule has 0 spiro atoms. The van der Waals surface area contributed by atoms with E-state index < -0.39 is 0 Å². The lowest BCUT2D eigenvalue weighted by atomic mass is 10.1. The van der Waals surface area contributed by atoms with Gasteiger partial charge in [-0.05, 0) is 36.2 Å². The number of nitrogens with zero attached hydrogens (tertiary/aromatic N) is 1. The normalized spacial score (nSPS) is 15.9. The lowest BCUT2D eigenvalue weighted by molar-refractivity contribution is 0.185. The molecule has 0 radical (unpaired) electrons. The van der Waals surface area contributed by atoms with Crippen LogP contribution in [-0.4, -0.2) is 55.7 Å². The molecular formula is C20H27N3O3S. The number of carbonyl (C=O) groups excluding carboxylic acids is 1. The standard InChI is InChI=1S/C20H27N3O3S/c1-25-17-6-4-16(5-7-17)8-9-21-20(24)22-15-18(19-3-2-12-26-19)23-10-13-27-14-11-23/h2-7,12,18H,8-11,13-15H2,1H3,(H2,21,22,24)/t18-/m1/s1. The molecule has 1 aliphatic heterocycles. The third-order valence-electron chi connectivity index (χ3n) is 4.67. The molecule has 7 heteroatoms. The maximum absolute atomic E-state index is 12.2. The molecule has 2 heterocycles. The fraction of sp³-hybridized carbons (Fsp3) is 0.450. The molecule has 27 heavy (non-hydrogen) atoms. The summed E-state index contributed by atoms with van der Waals surface area (Å²) < 4.78 is 10.8. The zero-order chi connectivity index (χ0) is 18.9. The first-order valence-electron chi connectivity index (χ1n) is 9.26. The Balaban J connectivity index is 1.44. The number of methoxy groups -OCH3 is 1. The molecule has 0 unspecified atom stereocenters. The molecule has 1 atom stereocenters. The second kappa shape index (κ2) is 10.3. The van der Waals surface area contributed by atoms with E-state index in [-0.39, 0.29) is 12.1 Å². The van der Waals surface area contributed by atoms with E-state index in [1.165, 1.54) is 0 Å². The van der Waals surface area contributed by atoms with E-state index in [0.29, 0.717) is 13.1 Å².